The third-order valence-corrected chi connectivity index (χ3v) is 9.14. The van der Waals surface area contributed by atoms with Crippen molar-refractivity contribution in [1.82, 2.24) is 14.8 Å². The van der Waals surface area contributed by atoms with Gasteiger partial charge in [0.25, 0.3) is 0 Å². The molecule has 0 radical (unpaired) electrons. The third-order valence-electron chi connectivity index (χ3n) is 9.14. The predicted octanol–water partition coefficient (Wildman–Crippen LogP) is 2.58. The van der Waals surface area contributed by atoms with Crippen LogP contribution < -0.4 is 0 Å². The van der Waals surface area contributed by atoms with Gasteiger partial charge in [-0.3, -0.25) is 19.5 Å². The van der Waals surface area contributed by atoms with Crippen LogP contribution in [0.25, 0.3) is 0 Å². The van der Waals surface area contributed by atoms with Gasteiger partial charge in [0.15, 0.2) is 5.60 Å². The number of pyridine rings is 1. The molecule has 43 heavy (non-hydrogen) atoms. The van der Waals surface area contributed by atoms with Crippen LogP contribution in [0.1, 0.15) is 55.3 Å². The van der Waals surface area contributed by atoms with Gasteiger partial charge in [0.1, 0.15) is 5.60 Å². The number of piperidine rings is 1. The molecule has 11 heteroatoms. The number of hydrogen-bond acceptors (Lipinski definition) is 8. The van der Waals surface area contributed by atoms with Crippen molar-refractivity contribution >= 4 is 17.9 Å². The normalized spacial score (nSPS) is 24.6. The van der Waals surface area contributed by atoms with Crippen LogP contribution >= 0.6 is 0 Å². The molecule has 234 valence electrons. The lowest BCUT2D eigenvalue weighted by Gasteiger charge is -2.34. The summed E-state index contributed by atoms with van der Waals surface area (Å²) >= 11 is 0. The Morgan fingerprint density at radius 3 is 2.14 bits per heavy atom. The molecule has 1 aliphatic carbocycles. The van der Waals surface area contributed by atoms with E-state index in [1.54, 1.807) is 0 Å². The van der Waals surface area contributed by atoms with Crippen LogP contribution in [0.15, 0.2) is 48.7 Å². The molecule has 3 atom stereocenters. The minimum atomic E-state index is -2.74. The van der Waals surface area contributed by atoms with E-state index in [2.05, 4.69) is 58.1 Å². The van der Waals surface area contributed by atoms with Crippen molar-refractivity contribution in [1.29, 1.82) is 0 Å². The Morgan fingerprint density at radius 1 is 0.930 bits per heavy atom. The van der Waals surface area contributed by atoms with Crippen molar-refractivity contribution < 1.29 is 39.9 Å². The van der Waals surface area contributed by atoms with Crippen LogP contribution in [0.4, 0.5) is 0 Å². The van der Waals surface area contributed by atoms with E-state index in [1.807, 2.05) is 12.3 Å². The summed E-state index contributed by atoms with van der Waals surface area (Å²) in [4.78, 5) is 40.3. The van der Waals surface area contributed by atoms with Crippen LogP contribution in [0.2, 0.25) is 0 Å². The molecule has 5 N–H and O–H groups in total. The van der Waals surface area contributed by atoms with E-state index in [0.29, 0.717) is 11.8 Å². The number of aryl methyl sites for hydroxylation is 1. The van der Waals surface area contributed by atoms with Crippen molar-refractivity contribution in [3.05, 3.63) is 65.5 Å². The smallest absolute Gasteiger partial charge is 0.336 e. The topological polar surface area (TPSA) is 172 Å². The highest BCUT2D eigenvalue weighted by molar-refractivity contribution is 5.88. The third kappa shape index (κ3) is 8.38. The molecule has 5 rings (SSSR count). The number of nitrogens with zero attached hydrogens (tertiary/aromatic N) is 3. The van der Waals surface area contributed by atoms with E-state index in [0.717, 1.165) is 49.7 Å². The lowest BCUT2D eigenvalue weighted by molar-refractivity contribution is -0.170. The summed E-state index contributed by atoms with van der Waals surface area (Å²) in [5.74, 6) is -3.27. The average molecular weight is 598 g/mol. The summed E-state index contributed by atoms with van der Waals surface area (Å²) in [5.41, 5.74) is -0.00311. The van der Waals surface area contributed by atoms with E-state index in [4.69, 9.17) is 20.4 Å². The van der Waals surface area contributed by atoms with E-state index >= 15 is 0 Å². The highest BCUT2D eigenvalue weighted by atomic mass is 16.4. The minimum absolute atomic E-state index is 0.339. The first kappa shape index (κ1) is 32.5. The number of carboxylic acids is 3. The van der Waals surface area contributed by atoms with Gasteiger partial charge in [-0.25, -0.2) is 4.79 Å². The molecule has 2 saturated heterocycles. The zero-order valence-electron chi connectivity index (χ0n) is 24.6. The van der Waals surface area contributed by atoms with Crippen molar-refractivity contribution in [2.24, 2.45) is 17.8 Å². The van der Waals surface area contributed by atoms with Crippen LogP contribution in [0, 0.1) is 24.7 Å². The van der Waals surface area contributed by atoms with E-state index in [9.17, 15) is 19.5 Å². The number of rotatable bonds is 10. The number of aliphatic carboxylic acids is 3. The average Bonchev–Trinajstić information content (AvgIpc) is 3.50. The lowest BCUT2D eigenvalue weighted by atomic mass is 9.85. The SMILES string of the molecule is Cc1ccc([C@@]2(O)CC[C@@H]3CN(CC4CCN(Cc5ccccc5)CC4)C[C@@H]32)nc1.O=C(O)CC(O)(CC(=O)O)C(=O)O. The number of carboxylic acid groups (broad SMARTS) is 3. The van der Waals surface area contributed by atoms with Gasteiger partial charge in [0, 0.05) is 38.3 Å². The Labute approximate surface area is 251 Å². The Hall–Kier alpha value is -3.38. The molecule has 0 unspecified atom stereocenters. The number of carbonyl (C=O) groups is 3. The van der Waals surface area contributed by atoms with Gasteiger partial charge in [0.05, 0.1) is 18.5 Å². The molecule has 1 aromatic heterocycles. The minimum Gasteiger partial charge on any atom is -0.481 e. The second kappa shape index (κ2) is 13.9. The Bertz CT molecular complexity index is 1230. The Morgan fingerprint density at radius 2 is 1.58 bits per heavy atom. The van der Waals surface area contributed by atoms with Gasteiger partial charge in [-0.2, -0.15) is 0 Å². The molecular weight excluding hydrogens is 554 g/mol. The van der Waals surface area contributed by atoms with E-state index < -0.39 is 42.0 Å². The fourth-order valence-corrected chi connectivity index (χ4v) is 6.82. The summed E-state index contributed by atoms with van der Waals surface area (Å²) in [7, 11) is 0. The zero-order chi connectivity index (χ0) is 31.2. The molecule has 0 amide bonds. The van der Waals surface area contributed by atoms with E-state index in [1.165, 1.54) is 38.0 Å². The first-order chi connectivity index (χ1) is 20.4. The summed E-state index contributed by atoms with van der Waals surface area (Å²) < 4.78 is 0. The van der Waals surface area contributed by atoms with Gasteiger partial charge in [-0.05, 0) is 74.7 Å². The molecule has 11 nitrogen and oxygen atoms in total. The highest BCUT2D eigenvalue weighted by Crippen LogP contribution is 2.50. The fourth-order valence-electron chi connectivity index (χ4n) is 6.82. The van der Waals surface area contributed by atoms with Crippen molar-refractivity contribution in [2.45, 2.75) is 63.2 Å². The van der Waals surface area contributed by atoms with Crippen molar-refractivity contribution in [3.8, 4) is 0 Å². The molecule has 1 saturated carbocycles. The number of aromatic nitrogens is 1. The molecule has 3 aliphatic rings. The molecule has 3 heterocycles. The number of hydrogen-bond donors (Lipinski definition) is 5. The number of likely N-dealkylation sites (tertiary alicyclic amines) is 2. The van der Waals surface area contributed by atoms with Crippen molar-refractivity contribution in [3.63, 3.8) is 0 Å². The summed E-state index contributed by atoms with van der Waals surface area (Å²) in [6.07, 6.45) is 4.19. The quantitative estimate of drug-likeness (QED) is 0.273. The van der Waals surface area contributed by atoms with Crippen LogP contribution in [0.5, 0.6) is 0 Å². The maximum Gasteiger partial charge on any atom is 0.336 e. The molecular formula is C32H43N3O8. The Kier molecular flexibility index (Phi) is 10.5. The maximum atomic E-state index is 11.5. The van der Waals surface area contributed by atoms with Crippen LogP contribution in [-0.2, 0) is 26.5 Å². The Balaban J connectivity index is 0.000000277. The fraction of sp³-hybridized carbons (Fsp3) is 0.562. The van der Waals surface area contributed by atoms with Gasteiger partial charge in [-0.15, -0.1) is 0 Å². The lowest BCUT2D eigenvalue weighted by Crippen LogP contribution is -2.42. The molecule has 3 fully saturated rings. The van der Waals surface area contributed by atoms with Gasteiger partial charge >= 0.3 is 17.9 Å². The maximum absolute atomic E-state index is 11.5. The second-order valence-electron chi connectivity index (χ2n) is 12.5. The van der Waals surface area contributed by atoms with Crippen molar-refractivity contribution in [2.75, 3.05) is 32.7 Å². The van der Waals surface area contributed by atoms with Crippen LogP contribution in [0.3, 0.4) is 0 Å². The first-order valence-corrected chi connectivity index (χ1v) is 14.9. The largest absolute Gasteiger partial charge is 0.481 e. The summed E-state index contributed by atoms with van der Waals surface area (Å²) in [5, 5.41) is 45.3. The predicted molar refractivity (Wildman–Crippen MR) is 157 cm³/mol. The number of benzene rings is 1. The van der Waals surface area contributed by atoms with Gasteiger partial charge in [-0.1, -0.05) is 36.4 Å². The molecule has 2 aromatic rings. The molecule has 1 aromatic carbocycles. The summed E-state index contributed by atoms with van der Waals surface area (Å²) in [6, 6.07) is 15.0. The molecule has 2 aliphatic heterocycles. The zero-order valence-corrected chi connectivity index (χ0v) is 24.6. The number of fused-ring (bicyclic) bond motifs is 1. The first-order valence-electron chi connectivity index (χ1n) is 14.9. The van der Waals surface area contributed by atoms with Gasteiger partial charge < -0.3 is 30.4 Å². The molecule has 0 bridgehead atoms. The number of aliphatic hydroxyl groups is 2. The summed E-state index contributed by atoms with van der Waals surface area (Å²) in [6.45, 7) is 8.93. The van der Waals surface area contributed by atoms with Crippen LogP contribution in [-0.4, -0.2) is 96.5 Å². The monoisotopic (exact) mass is 597 g/mol. The highest BCUT2D eigenvalue weighted by Gasteiger charge is 2.53. The standard InChI is InChI=1S/C26H35N3O.C6H8O7/c1-20-7-8-25(27-15-20)26(30)12-9-23-18-29(19-24(23)26)17-22-10-13-28(14-11-22)16-21-5-3-2-4-6-21;7-3(8)1-6(13,5(11)12)2-4(9)10/h2-8,15,22-24,30H,9-14,16-19H2,1H3;13H,1-2H2,(H,7,8)(H,9,10)(H,11,12)/t23-,24+,26-;/m1./s1. The molecule has 0 spiro atoms. The van der Waals surface area contributed by atoms with E-state index in [-0.39, 0.29) is 0 Å². The second-order valence-corrected chi connectivity index (χ2v) is 12.5. The van der Waals surface area contributed by atoms with Gasteiger partial charge in [0.2, 0.25) is 0 Å².